The first-order chi connectivity index (χ1) is 19.8. The molecule has 0 saturated heterocycles. The van der Waals surface area contributed by atoms with Gasteiger partial charge in [-0.15, -0.1) is 0 Å². The van der Waals surface area contributed by atoms with E-state index in [9.17, 15) is 0 Å². The van der Waals surface area contributed by atoms with Gasteiger partial charge in [0, 0.05) is 46.4 Å². The molecule has 0 fully saturated rings. The smallest absolute Gasteiger partial charge is 0.226 e. The summed E-state index contributed by atoms with van der Waals surface area (Å²) in [5.74, 6) is 1.46. The molecule has 6 nitrogen and oxygen atoms in total. The summed E-state index contributed by atoms with van der Waals surface area (Å²) in [6, 6.07) is 35.6. The second-order valence-corrected chi connectivity index (χ2v) is 9.86. The molecule has 0 unspecified atom stereocenters. The number of fused-ring (bicyclic) bond motifs is 4. The molecule has 0 spiro atoms. The topological polar surface area (TPSA) is 61.7 Å². The van der Waals surface area contributed by atoms with Gasteiger partial charge >= 0.3 is 0 Å². The number of imidazole rings is 1. The van der Waals surface area contributed by atoms with Gasteiger partial charge in [0.2, 0.25) is 5.89 Å². The van der Waals surface area contributed by atoms with Crippen LogP contribution in [0, 0.1) is 0 Å². The minimum atomic E-state index is 0.579. The van der Waals surface area contributed by atoms with E-state index in [4.69, 9.17) is 9.40 Å². The van der Waals surface area contributed by atoms with Gasteiger partial charge in [0.15, 0.2) is 0 Å². The number of hydrogen-bond donors (Lipinski definition) is 0. The van der Waals surface area contributed by atoms with E-state index in [0.29, 0.717) is 5.89 Å². The maximum absolute atomic E-state index is 5.89. The van der Waals surface area contributed by atoms with E-state index < -0.39 is 0 Å². The molecule has 6 heteroatoms. The van der Waals surface area contributed by atoms with Crippen LogP contribution in [0.5, 0.6) is 0 Å². The first-order valence-corrected chi connectivity index (χ1v) is 13.2. The predicted octanol–water partition coefficient (Wildman–Crippen LogP) is 8.05. The van der Waals surface area contributed by atoms with Crippen molar-refractivity contribution in [2.75, 3.05) is 0 Å². The Labute approximate surface area is 229 Å². The van der Waals surface area contributed by atoms with Gasteiger partial charge in [0.25, 0.3) is 0 Å². The van der Waals surface area contributed by atoms with Crippen molar-refractivity contribution in [1.29, 1.82) is 0 Å². The van der Waals surface area contributed by atoms with Crippen molar-refractivity contribution in [3.8, 4) is 39.8 Å². The van der Waals surface area contributed by atoms with Gasteiger partial charge in [-0.2, -0.15) is 0 Å². The van der Waals surface area contributed by atoms with Crippen LogP contribution in [0.25, 0.3) is 72.6 Å². The number of para-hydroxylation sites is 3. The number of aromatic nitrogens is 5. The Kier molecular flexibility index (Phi) is 4.94. The minimum Gasteiger partial charge on any atom is -0.445 e. The molecule has 40 heavy (non-hydrogen) atoms. The van der Waals surface area contributed by atoms with Gasteiger partial charge in [-0.25, -0.2) is 9.97 Å². The van der Waals surface area contributed by atoms with Crippen LogP contribution >= 0.6 is 0 Å². The van der Waals surface area contributed by atoms with Crippen LogP contribution in [0.2, 0.25) is 0 Å². The molecule has 0 aliphatic carbocycles. The van der Waals surface area contributed by atoms with Gasteiger partial charge in [0.05, 0.1) is 34.0 Å². The highest BCUT2D eigenvalue weighted by Crippen LogP contribution is 2.41. The molecular formula is C34H23N5O. The lowest BCUT2D eigenvalue weighted by Gasteiger charge is -2.12. The normalized spacial score (nSPS) is 11.6. The fourth-order valence-electron chi connectivity index (χ4n) is 5.77. The summed E-state index contributed by atoms with van der Waals surface area (Å²) in [5.41, 5.74) is 9.16. The second kappa shape index (κ2) is 8.78. The Morgan fingerprint density at radius 2 is 1.52 bits per heavy atom. The summed E-state index contributed by atoms with van der Waals surface area (Å²) >= 11 is 0. The highest BCUT2D eigenvalue weighted by atomic mass is 16.3. The number of benzene rings is 4. The largest absolute Gasteiger partial charge is 0.445 e. The first kappa shape index (κ1) is 22.5. The molecule has 0 radical (unpaired) electrons. The van der Waals surface area contributed by atoms with Crippen molar-refractivity contribution in [3.05, 3.63) is 122 Å². The Hall–Kier alpha value is -5.49. The minimum absolute atomic E-state index is 0.579. The Balaban J connectivity index is 1.48. The van der Waals surface area contributed by atoms with Crippen molar-refractivity contribution in [2.24, 2.45) is 7.05 Å². The van der Waals surface area contributed by atoms with Gasteiger partial charge < -0.3 is 13.6 Å². The molecule has 4 aromatic carbocycles. The number of nitrogens with zero attached hydrogens (tertiary/aromatic N) is 5. The van der Waals surface area contributed by atoms with Crippen molar-refractivity contribution in [3.63, 3.8) is 0 Å². The van der Waals surface area contributed by atoms with E-state index in [-0.39, 0.29) is 0 Å². The molecule has 0 aliphatic rings. The highest BCUT2D eigenvalue weighted by molar-refractivity contribution is 6.16. The monoisotopic (exact) mass is 517 g/mol. The first-order valence-electron chi connectivity index (χ1n) is 13.2. The summed E-state index contributed by atoms with van der Waals surface area (Å²) in [6.45, 7) is 0. The number of aryl methyl sites for hydroxylation is 1. The zero-order chi connectivity index (χ0) is 26.6. The van der Waals surface area contributed by atoms with E-state index in [1.807, 2.05) is 42.6 Å². The number of hydrogen-bond acceptors (Lipinski definition) is 4. The molecule has 0 N–H and O–H groups in total. The van der Waals surface area contributed by atoms with Gasteiger partial charge in [-0.1, -0.05) is 48.5 Å². The summed E-state index contributed by atoms with van der Waals surface area (Å²) < 4.78 is 10.4. The van der Waals surface area contributed by atoms with Gasteiger partial charge in [-0.05, 0) is 54.6 Å². The van der Waals surface area contributed by atoms with Crippen LogP contribution in [0.3, 0.4) is 0 Å². The number of pyridine rings is 1. The summed E-state index contributed by atoms with van der Waals surface area (Å²) in [4.78, 5) is 14.2. The quantitative estimate of drug-likeness (QED) is 0.237. The SMILES string of the molecule is Cn1c(-c2cc(-c3ncco3)c3c4ccccc4n(-c4cccc(-c5ccccn5)c4)c3c2)nc2ccccc21. The van der Waals surface area contributed by atoms with Crippen molar-refractivity contribution >= 4 is 32.8 Å². The number of rotatable bonds is 4. The average Bonchev–Trinajstić information content (AvgIpc) is 3.74. The fourth-order valence-corrected chi connectivity index (χ4v) is 5.77. The van der Waals surface area contributed by atoms with Gasteiger partial charge in [-0.3, -0.25) is 4.98 Å². The van der Waals surface area contributed by atoms with E-state index in [1.165, 1.54) is 0 Å². The molecule has 0 aliphatic heterocycles. The molecule has 0 amide bonds. The molecule has 0 saturated carbocycles. The fraction of sp³-hybridized carbons (Fsp3) is 0.0294. The third-order valence-electron chi connectivity index (χ3n) is 7.55. The zero-order valence-corrected chi connectivity index (χ0v) is 21.7. The van der Waals surface area contributed by atoms with Crippen LogP contribution in [0.15, 0.2) is 126 Å². The molecule has 8 aromatic rings. The zero-order valence-electron chi connectivity index (χ0n) is 21.7. The number of oxazole rings is 1. The van der Waals surface area contributed by atoms with Crippen molar-refractivity contribution in [2.45, 2.75) is 0 Å². The van der Waals surface area contributed by atoms with Crippen LogP contribution in [-0.4, -0.2) is 24.1 Å². The van der Waals surface area contributed by atoms with E-state index >= 15 is 0 Å². The predicted molar refractivity (Wildman–Crippen MR) is 159 cm³/mol. The van der Waals surface area contributed by atoms with Crippen LogP contribution in [0.1, 0.15) is 0 Å². The summed E-state index contributed by atoms with van der Waals surface area (Å²) in [6.07, 6.45) is 5.14. The Morgan fingerprint density at radius 1 is 0.675 bits per heavy atom. The average molecular weight is 518 g/mol. The molecular weight excluding hydrogens is 494 g/mol. The lowest BCUT2D eigenvalue weighted by Crippen LogP contribution is -1.97. The molecule has 190 valence electrons. The van der Waals surface area contributed by atoms with Crippen LogP contribution < -0.4 is 0 Å². The van der Waals surface area contributed by atoms with Crippen LogP contribution in [0.4, 0.5) is 0 Å². The van der Waals surface area contributed by atoms with Crippen LogP contribution in [-0.2, 0) is 7.05 Å². The molecule has 0 atom stereocenters. The van der Waals surface area contributed by atoms with Crippen molar-refractivity contribution in [1.82, 2.24) is 24.1 Å². The molecule has 0 bridgehead atoms. The van der Waals surface area contributed by atoms with E-state index in [2.05, 4.69) is 92.9 Å². The molecule has 8 rings (SSSR count). The Bertz CT molecular complexity index is 2170. The third kappa shape index (κ3) is 3.39. The lowest BCUT2D eigenvalue weighted by atomic mass is 10.0. The summed E-state index contributed by atoms with van der Waals surface area (Å²) in [7, 11) is 2.06. The van der Waals surface area contributed by atoms with E-state index in [0.717, 1.165) is 66.7 Å². The Morgan fingerprint density at radius 3 is 2.35 bits per heavy atom. The van der Waals surface area contributed by atoms with Gasteiger partial charge in [0.1, 0.15) is 12.1 Å². The molecule has 4 heterocycles. The standard InChI is InChI=1S/C34H23N5O/c1-38-30-15-5-3-13-28(30)37-33(38)23-20-26(34-36-17-18-40-34)32-25-11-2-4-14-29(25)39(31(32)21-23)24-10-8-9-22(19-24)27-12-6-7-16-35-27/h2-21H,1H3. The summed E-state index contributed by atoms with van der Waals surface area (Å²) in [5, 5.41) is 2.22. The maximum Gasteiger partial charge on any atom is 0.226 e. The third-order valence-corrected chi connectivity index (χ3v) is 7.55. The molecule has 4 aromatic heterocycles. The van der Waals surface area contributed by atoms with Crippen molar-refractivity contribution < 1.29 is 4.42 Å². The van der Waals surface area contributed by atoms with E-state index in [1.54, 1.807) is 12.5 Å². The maximum atomic E-state index is 5.89. The second-order valence-electron chi connectivity index (χ2n) is 9.86. The lowest BCUT2D eigenvalue weighted by molar-refractivity contribution is 0.575. The highest BCUT2D eigenvalue weighted by Gasteiger charge is 2.21.